The zero-order valence-electron chi connectivity index (χ0n) is 61.2. The van der Waals surface area contributed by atoms with Crippen molar-refractivity contribution < 1.29 is 75.8 Å². The van der Waals surface area contributed by atoms with Crippen molar-refractivity contribution in [3.8, 4) is 0 Å². The molecule has 0 heterocycles. The first kappa shape index (κ1) is 93.5. The maximum atomic E-state index is 13.0. The molecule has 0 spiro atoms. The van der Waals surface area contributed by atoms with Crippen LogP contribution in [0.4, 0.5) is 0 Å². The molecule has 0 fully saturated rings. The third kappa shape index (κ3) is 73.5. The highest BCUT2D eigenvalue weighted by Gasteiger charge is 2.29. The molecule has 0 aromatic carbocycles. The molecule has 0 saturated carbocycles. The molecule has 0 aliphatic carbocycles. The van der Waals surface area contributed by atoms with Gasteiger partial charge in [0, 0.05) is 19.3 Å². The van der Waals surface area contributed by atoms with Gasteiger partial charge < -0.3 is 34.2 Å². The molecule has 0 saturated heterocycles. The van der Waals surface area contributed by atoms with Crippen LogP contribution in [0, 0.1) is 0 Å². The molecule has 0 radical (unpaired) electrons. The van der Waals surface area contributed by atoms with Crippen molar-refractivity contribution in [2.24, 2.45) is 0 Å². The zero-order chi connectivity index (χ0) is 70.9. The van der Waals surface area contributed by atoms with Crippen molar-refractivity contribution >= 4 is 33.6 Å². The number of phosphoric acid groups is 2. The van der Waals surface area contributed by atoms with Crippen LogP contribution in [0.2, 0.25) is 0 Å². The molecular weight excluding hydrogens is 1270 g/mol. The van der Waals surface area contributed by atoms with Crippen molar-refractivity contribution in [2.45, 2.75) is 347 Å². The molecule has 0 rings (SSSR count). The Labute approximate surface area is 590 Å². The highest BCUT2D eigenvalue weighted by atomic mass is 31.2. The summed E-state index contributed by atoms with van der Waals surface area (Å²) in [4.78, 5) is 58.6. The maximum absolute atomic E-state index is 13.0. The largest absolute Gasteiger partial charge is 0.472 e. The number of carbonyl (C=O) groups is 3. The molecule has 5 unspecified atom stereocenters. The quantitative estimate of drug-likeness (QED) is 0.0146. The molecule has 5 atom stereocenters. The van der Waals surface area contributed by atoms with E-state index < -0.39 is 91.5 Å². The van der Waals surface area contributed by atoms with Crippen molar-refractivity contribution in [1.29, 1.82) is 0 Å². The lowest BCUT2D eigenvalue weighted by molar-refractivity contribution is -0.161. The second kappa shape index (κ2) is 72.3. The molecule has 0 aromatic rings. The molecule has 97 heavy (non-hydrogen) atoms. The number of aliphatic hydroxyl groups excluding tert-OH is 2. The standard InChI is InChI=1S/C79H140O16P2/c1-4-7-10-13-16-19-22-25-28-30-32-33-34-35-36-37-38-39-41-43-45-47-50-53-56-59-62-65-77(82)89-68-74(80)69-91-96(85,86)92-70-75(81)71-93-97(87,88)94-73-76(95-79(84)67-64-61-58-55-52-49-44-27-24-21-18-15-12-9-6-3)72-90-78(83)66-63-60-57-54-51-48-46-42-40-31-29-26-23-20-17-14-11-8-5-2/h8,11,16-17,19-20,25-26,28-29,32-33,35-36,40,42,74-76,80-81H,4-7,9-10,12-15,18,21-24,27,30-31,34,37-39,41,43-73H2,1-3H3,(H,85,86)(H,87,88)/b11-8-,19-16-,20-17-,28-25-,29-26-,33-32-,36-35-,42-40-. The molecule has 0 aromatic heterocycles. The van der Waals surface area contributed by atoms with Crippen LogP contribution in [0.25, 0.3) is 0 Å². The SMILES string of the molecule is CC/C=C\C/C=C\C/C=C\C/C=C\CCCCCCCCC(=O)OCC(COP(=O)(O)OCC(O)COP(=O)(O)OCC(O)COC(=O)CCCCCCCCCCCCC/C=C\C/C=C\C/C=C\C/C=C\CCCCC)OC(=O)CCCCCCCCCCCCCCCCC. The first-order chi connectivity index (χ1) is 47.2. The average molecular weight is 1410 g/mol. The predicted molar refractivity (Wildman–Crippen MR) is 399 cm³/mol. The molecule has 562 valence electrons. The van der Waals surface area contributed by atoms with Crippen molar-refractivity contribution in [3.05, 3.63) is 97.2 Å². The maximum Gasteiger partial charge on any atom is 0.472 e. The van der Waals surface area contributed by atoms with Crippen molar-refractivity contribution in [1.82, 2.24) is 0 Å². The number of carbonyl (C=O) groups excluding carboxylic acids is 3. The van der Waals surface area contributed by atoms with Gasteiger partial charge in [-0.25, -0.2) is 9.13 Å². The van der Waals surface area contributed by atoms with E-state index in [2.05, 4.69) is 118 Å². The molecule has 0 aliphatic rings. The molecule has 4 N–H and O–H groups in total. The van der Waals surface area contributed by atoms with Crippen LogP contribution in [0.15, 0.2) is 97.2 Å². The highest BCUT2D eigenvalue weighted by molar-refractivity contribution is 7.47. The molecule has 0 bridgehead atoms. The number of allylic oxidation sites excluding steroid dienone is 16. The minimum atomic E-state index is -4.93. The summed E-state index contributed by atoms with van der Waals surface area (Å²) in [6, 6.07) is 0. The Morgan fingerprint density at radius 2 is 0.546 bits per heavy atom. The number of aliphatic hydroxyl groups is 2. The lowest BCUT2D eigenvalue weighted by Crippen LogP contribution is -2.30. The Bertz CT molecular complexity index is 2150. The van der Waals surface area contributed by atoms with E-state index >= 15 is 0 Å². The van der Waals surface area contributed by atoms with Crippen LogP contribution in [0.3, 0.4) is 0 Å². The van der Waals surface area contributed by atoms with Gasteiger partial charge in [-0.3, -0.25) is 32.5 Å². The van der Waals surface area contributed by atoms with E-state index in [1.165, 1.54) is 135 Å². The van der Waals surface area contributed by atoms with Gasteiger partial charge in [-0.05, 0) is 103 Å². The topological polar surface area (TPSA) is 231 Å². The number of hydrogen-bond acceptors (Lipinski definition) is 14. The van der Waals surface area contributed by atoms with Crippen molar-refractivity contribution in [2.75, 3.05) is 39.6 Å². The number of unbranched alkanes of at least 4 members (excludes halogenated alkanes) is 34. The van der Waals surface area contributed by atoms with E-state index in [4.69, 9.17) is 32.3 Å². The zero-order valence-corrected chi connectivity index (χ0v) is 63.0. The van der Waals surface area contributed by atoms with Crippen LogP contribution in [-0.2, 0) is 55.8 Å². The Morgan fingerprint density at radius 1 is 0.299 bits per heavy atom. The number of phosphoric ester groups is 2. The van der Waals surface area contributed by atoms with Crippen LogP contribution < -0.4 is 0 Å². The van der Waals surface area contributed by atoms with Gasteiger partial charge in [-0.2, -0.15) is 0 Å². The minimum absolute atomic E-state index is 0.105. The fourth-order valence-corrected chi connectivity index (χ4v) is 12.0. The van der Waals surface area contributed by atoms with Gasteiger partial charge in [-0.1, -0.05) is 304 Å². The molecule has 0 amide bonds. The van der Waals surface area contributed by atoms with Gasteiger partial charge in [0.05, 0.1) is 26.4 Å². The Balaban J connectivity index is 4.54. The Hall–Kier alpha value is -3.53. The fourth-order valence-electron chi connectivity index (χ4n) is 10.4. The first-order valence-electron chi connectivity index (χ1n) is 38.5. The summed E-state index contributed by atoms with van der Waals surface area (Å²) in [6.45, 7) is 2.56. The van der Waals surface area contributed by atoms with Gasteiger partial charge in [0.15, 0.2) is 6.10 Å². The Kier molecular flexibility index (Phi) is 69.6. The van der Waals surface area contributed by atoms with E-state index in [1.807, 2.05) is 0 Å². The van der Waals surface area contributed by atoms with Gasteiger partial charge >= 0.3 is 33.6 Å². The Morgan fingerprint density at radius 3 is 0.887 bits per heavy atom. The fraction of sp³-hybridized carbons (Fsp3) is 0.759. The van der Waals surface area contributed by atoms with E-state index in [0.29, 0.717) is 19.3 Å². The summed E-state index contributed by atoms with van der Waals surface area (Å²) in [7, 11) is -9.78. The van der Waals surface area contributed by atoms with Crippen molar-refractivity contribution in [3.63, 3.8) is 0 Å². The summed E-state index contributed by atoms with van der Waals surface area (Å²) in [6.07, 6.45) is 81.6. The number of ether oxygens (including phenoxy) is 3. The number of esters is 3. The second-order valence-corrected chi connectivity index (χ2v) is 28.7. The highest BCUT2D eigenvalue weighted by Crippen LogP contribution is 2.45. The summed E-state index contributed by atoms with van der Waals surface area (Å²) < 4.78 is 61.1. The van der Waals surface area contributed by atoms with E-state index in [9.17, 15) is 43.5 Å². The average Bonchev–Trinajstić information content (AvgIpc) is 2.48. The van der Waals surface area contributed by atoms with Crippen LogP contribution >= 0.6 is 15.6 Å². The summed E-state index contributed by atoms with van der Waals surface area (Å²) in [5, 5.41) is 20.6. The summed E-state index contributed by atoms with van der Waals surface area (Å²) >= 11 is 0. The minimum Gasteiger partial charge on any atom is -0.463 e. The predicted octanol–water partition coefficient (Wildman–Crippen LogP) is 22.2. The van der Waals surface area contributed by atoms with Crippen LogP contribution in [-0.4, -0.2) is 95.9 Å². The molecule has 0 aliphatic heterocycles. The lowest BCUT2D eigenvalue weighted by Gasteiger charge is -2.21. The van der Waals surface area contributed by atoms with Gasteiger partial charge in [0.2, 0.25) is 0 Å². The molecular formula is C79H140O16P2. The van der Waals surface area contributed by atoms with E-state index in [0.717, 1.165) is 135 Å². The smallest absolute Gasteiger partial charge is 0.463 e. The number of rotatable bonds is 73. The first-order valence-corrected chi connectivity index (χ1v) is 41.5. The second-order valence-electron chi connectivity index (χ2n) is 25.8. The molecule has 16 nitrogen and oxygen atoms in total. The van der Waals surface area contributed by atoms with E-state index in [-0.39, 0.29) is 19.3 Å². The summed E-state index contributed by atoms with van der Waals surface area (Å²) in [5.74, 6) is -1.58. The monoisotopic (exact) mass is 1410 g/mol. The third-order valence-electron chi connectivity index (χ3n) is 16.3. The van der Waals surface area contributed by atoms with Gasteiger partial charge in [0.1, 0.15) is 25.4 Å². The van der Waals surface area contributed by atoms with Crippen LogP contribution in [0.5, 0.6) is 0 Å². The third-order valence-corrected chi connectivity index (χ3v) is 18.2. The van der Waals surface area contributed by atoms with Crippen LogP contribution in [0.1, 0.15) is 329 Å². The van der Waals surface area contributed by atoms with Gasteiger partial charge in [-0.15, -0.1) is 0 Å². The van der Waals surface area contributed by atoms with Gasteiger partial charge in [0.25, 0.3) is 0 Å². The van der Waals surface area contributed by atoms with E-state index in [1.54, 1.807) is 0 Å². The lowest BCUT2D eigenvalue weighted by atomic mass is 10.0. The number of hydrogen-bond donors (Lipinski definition) is 4. The molecule has 18 heteroatoms. The summed E-state index contributed by atoms with van der Waals surface area (Å²) in [5.41, 5.74) is 0. The normalized spacial score (nSPS) is 14.6.